The zero-order chi connectivity index (χ0) is 23.0. The van der Waals surface area contributed by atoms with Crippen molar-refractivity contribution in [2.75, 3.05) is 5.75 Å². The van der Waals surface area contributed by atoms with Gasteiger partial charge in [0.2, 0.25) is 0 Å². The second-order valence-electron chi connectivity index (χ2n) is 6.90. The number of carbonyl (C=O) groups excluding carboxylic acids is 1. The molecule has 0 aliphatic rings. The smallest absolute Gasteiger partial charge is 0.250 e. The summed E-state index contributed by atoms with van der Waals surface area (Å²) >= 11 is 4.61. The summed E-state index contributed by atoms with van der Waals surface area (Å²) in [5.74, 6) is 0.575. The molecule has 2 heterocycles. The van der Waals surface area contributed by atoms with Crippen LogP contribution in [0.25, 0.3) is 11.4 Å². The van der Waals surface area contributed by atoms with Crippen LogP contribution in [0.3, 0.4) is 0 Å². The fourth-order valence-corrected chi connectivity index (χ4v) is 4.09. The highest BCUT2D eigenvalue weighted by atomic mass is 79.9. The normalized spacial score (nSPS) is 11.1. The van der Waals surface area contributed by atoms with E-state index in [0.717, 1.165) is 15.6 Å². The van der Waals surface area contributed by atoms with E-state index in [1.165, 1.54) is 18.0 Å². The zero-order valence-corrected chi connectivity index (χ0v) is 19.7. The van der Waals surface area contributed by atoms with Crippen LogP contribution >= 0.6 is 27.7 Å². The standard InChI is InChI=1S/C23H19BrN6O2S/c24-19-6-7-20(31)18(12-19)13-26-27-21(32)15-33-23-29-28-22(17-8-10-25-11-9-17)30(23)14-16-4-2-1-3-5-16/h1-13,31H,14-15H2,(H,27,32)/b26-13+. The number of hydrogen-bond donors (Lipinski definition) is 2. The van der Waals surface area contributed by atoms with Crippen molar-refractivity contribution in [1.29, 1.82) is 0 Å². The number of hydrazone groups is 1. The summed E-state index contributed by atoms with van der Waals surface area (Å²) < 4.78 is 2.78. The summed E-state index contributed by atoms with van der Waals surface area (Å²) in [7, 11) is 0. The number of aromatic hydroxyl groups is 1. The van der Waals surface area contributed by atoms with Gasteiger partial charge in [-0.05, 0) is 35.9 Å². The van der Waals surface area contributed by atoms with Gasteiger partial charge in [-0.3, -0.25) is 14.3 Å². The molecule has 0 radical (unpaired) electrons. The second-order valence-corrected chi connectivity index (χ2v) is 8.76. The fourth-order valence-electron chi connectivity index (χ4n) is 2.98. The molecule has 0 unspecified atom stereocenters. The van der Waals surface area contributed by atoms with Crippen molar-refractivity contribution >= 4 is 39.8 Å². The summed E-state index contributed by atoms with van der Waals surface area (Å²) in [6.45, 7) is 0.565. The molecule has 0 aliphatic heterocycles. The van der Waals surface area contributed by atoms with E-state index < -0.39 is 0 Å². The number of phenolic OH excluding ortho intramolecular Hbond substituents is 1. The largest absolute Gasteiger partial charge is 0.507 e. The molecule has 2 N–H and O–H groups in total. The molecule has 8 nitrogen and oxygen atoms in total. The highest BCUT2D eigenvalue weighted by Crippen LogP contribution is 2.25. The Kier molecular flexibility index (Phi) is 7.48. The summed E-state index contributed by atoms with van der Waals surface area (Å²) in [6.07, 6.45) is 4.80. The molecule has 166 valence electrons. The summed E-state index contributed by atoms with van der Waals surface area (Å²) in [5, 5.41) is 23.1. The van der Waals surface area contributed by atoms with Crippen molar-refractivity contribution in [2.45, 2.75) is 11.7 Å². The van der Waals surface area contributed by atoms with Gasteiger partial charge >= 0.3 is 0 Å². The molecule has 0 aliphatic carbocycles. The minimum Gasteiger partial charge on any atom is -0.507 e. The number of thioether (sulfide) groups is 1. The quantitative estimate of drug-likeness (QED) is 0.205. The maximum absolute atomic E-state index is 12.3. The minimum absolute atomic E-state index is 0.0724. The van der Waals surface area contributed by atoms with Crippen LogP contribution in [0.5, 0.6) is 5.75 Å². The first-order valence-corrected chi connectivity index (χ1v) is 11.7. The van der Waals surface area contributed by atoms with Crippen molar-refractivity contribution in [3.63, 3.8) is 0 Å². The van der Waals surface area contributed by atoms with Gasteiger partial charge in [-0.2, -0.15) is 5.10 Å². The van der Waals surface area contributed by atoms with E-state index in [2.05, 4.69) is 41.6 Å². The minimum atomic E-state index is -0.301. The number of phenols is 1. The number of amides is 1. The third-order valence-corrected chi connectivity index (χ3v) is 6.01. The van der Waals surface area contributed by atoms with E-state index in [1.54, 1.807) is 30.6 Å². The van der Waals surface area contributed by atoms with Gasteiger partial charge in [0.1, 0.15) is 5.75 Å². The van der Waals surface area contributed by atoms with E-state index in [-0.39, 0.29) is 17.4 Å². The van der Waals surface area contributed by atoms with Crippen LogP contribution in [0.1, 0.15) is 11.1 Å². The number of rotatable bonds is 8. The lowest BCUT2D eigenvalue weighted by molar-refractivity contribution is -0.118. The molecule has 10 heteroatoms. The second kappa shape index (κ2) is 10.9. The Morgan fingerprint density at radius 2 is 1.91 bits per heavy atom. The Morgan fingerprint density at radius 3 is 2.70 bits per heavy atom. The van der Waals surface area contributed by atoms with Gasteiger partial charge in [0.05, 0.1) is 18.5 Å². The Bertz CT molecular complexity index is 1260. The van der Waals surface area contributed by atoms with Crippen LogP contribution in [0.2, 0.25) is 0 Å². The van der Waals surface area contributed by atoms with Gasteiger partial charge in [-0.25, -0.2) is 5.43 Å². The van der Waals surface area contributed by atoms with Crippen molar-refractivity contribution < 1.29 is 9.90 Å². The Hall–Kier alpha value is -3.50. The Balaban J connectivity index is 1.46. The molecular formula is C23H19BrN6O2S. The monoisotopic (exact) mass is 522 g/mol. The molecule has 2 aromatic carbocycles. The van der Waals surface area contributed by atoms with Crippen LogP contribution in [0, 0.1) is 0 Å². The van der Waals surface area contributed by atoms with Crippen molar-refractivity contribution in [2.24, 2.45) is 5.10 Å². The number of benzene rings is 2. The van der Waals surface area contributed by atoms with E-state index in [1.807, 2.05) is 47.0 Å². The van der Waals surface area contributed by atoms with E-state index in [9.17, 15) is 9.90 Å². The topological polar surface area (TPSA) is 105 Å². The number of aromatic nitrogens is 4. The molecule has 0 saturated heterocycles. The number of pyridine rings is 1. The maximum atomic E-state index is 12.3. The molecule has 0 fully saturated rings. The number of nitrogens with one attached hydrogen (secondary N) is 1. The zero-order valence-electron chi connectivity index (χ0n) is 17.3. The number of hydrogen-bond acceptors (Lipinski definition) is 7. The third-order valence-electron chi connectivity index (χ3n) is 4.55. The first-order chi connectivity index (χ1) is 16.1. The molecule has 0 saturated carbocycles. The van der Waals surface area contributed by atoms with Crippen LogP contribution < -0.4 is 5.43 Å². The fraction of sp³-hybridized carbons (Fsp3) is 0.0870. The summed E-state index contributed by atoms with van der Waals surface area (Å²) in [4.78, 5) is 16.4. The van der Waals surface area contributed by atoms with Gasteiger partial charge in [0, 0.05) is 28.0 Å². The van der Waals surface area contributed by atoms with Crippen molar-refractivity contribution in [3.8, 4) is 17.1 Å². The molecule has 0 spiro atoms. The number of halogens is 1. The molecule has 4 aromatic rings. The Morgan fingerprint density at radius 1 is 1.12 bits per heavy atom. The average Bonchev–Trinajstić information content (AvgIpc) is 3.23. The van der Waals surface area contributed by atoms with E-state index in [4.69, 9.17) is 0 Å². The molecule has 33 heavy (non-hydrogen) atoms. The number of nitrogens with zero attached hydrogens (tertiary/aromatic N) is 5. The molecule has 0 atom stereocenters. The van der Waals surface area contributed by atoms with Crippen LogP contribution in [-0.4, -0.2) is 42.7 Å². The molecule has 2 aromatic heterocycles. The van der Waals surface area contributed by atoms with Crippen molar-refractivity contribution in [3.05, 3.63) is 88.7 Å². The van der Waals surface area contributed by atoms with Crippen LogP contribution in [0.4, 0.5) is 0 Å². The van der Waals surface area contributed by atoms with Gasteiger partial charge in [-0.1, -0.05) is 58.0 Å². The highest BCUT2D eigenvalue weighted by molar-refractivity contribution is 9.10. The SMILES string of the molecule is O=C(CSc1nnc(-c2ccncc2)n1Cc1ccccc1)N/N=C/c1cc(Br)ccc1O. The van der Waals surface area contributed by atoms with Gasteiger partial charge in [0.25, 0.3) is 5.91 Å². The summed E-state index contributed by atoms with van der Waals surface area (Å²) in [6, 6.07) is 18.7. The lowest BCUT2D eigenvalue weighted by Gasteiger charge is -2.10. The Labute approximate surface area is 202 Å². The summed E-state index contributed by atoms with van der Waals surface area (Å²) in [5.41, 5.74) is 4.95. The highest BCUT2D eigenvalue weighted by Gasteiger charge is 2.16. The van der Waals surface area contributed by atoms with Crippen LogP contribution in [0.15, 0.2) is 87.8 Å². The number of carbonyl (C=O) groups is 1. The molecular weight excluding hydrogens is 504 g/mol. The van der Waals surface area contributed by atoms with Crippen LogP contribution in [-0.2, 0) is 11.3 Å². The van der Waals surface area contributed by atoms with E-state index >= 15 is 0 Å². The van der Waals surface area contributed by atoms with E-state index in [0.29, 0.717) is 23.1 Å². The first-order valence-electron chi connectivity index (χ1n) is 9.91. The van der Waals surface area contributed by atoms with Gasteiger partial charge in [-0.15, -0.1) is 10.2 Å². The van der Waals surface area contributed by atoms with Gasteiger partial charge < -0.3 is 5.11 Å². The lowest BCUT2D eigenvalue weighted by atomic mass is 10.2. The third kappa shape index (κ3) is 6.05. The molecule has 4 rings (SSSR count). The van der Waals surface area contributed by atoms with Crippen molar-refractivity contribution in [1.82, 2.24) is 25.2 Å². The first kappa shape index (κ1) is 22.7. The maximum Gasteiger partial charge on any atom is 0.250 e. The average molecular weight is 523 g/mol. The predicted molar refractivity (Wildman–Crippen MR) is 131 cm³/mol. The molecule has 1 amide bonds. The predicted octanol–water partition coefficient (Wildman–Crippen LogP) is 4.10. The molecule has 0 bridgehead atoms. The lowest BCUT2D eigenvalue weighted by Crippen LogP contribution is -2.20. The van der Waals surface area contributed by atoms with Gasteiger partial charge in [0.15, 0.2) is 11.0 Å².